The monoisotopic (exact) mass is 389 g/mol. The summed E-state index contributed by atoms with van der Waals surface area (Å²) in [6.07, 6.45) is 2.00. The zero-order chi connectivity index (χ0) is 14.0. The summed E-state index contributed by atoms with van der Waals surface area (Å²) in [4.78, 5) is 4.51. The number of nitrogens with one attached hydrogen (secondary N) is 1. The van der Waals surface area contributed by atoms with Crippen molar-refractivity contribution < 1.29 is 0 Å². The minimum atomic E-state index is 0.567. The van der Waals surface area contributed by atoms with Crippen LogP contribution in [0.4, 0.5) is 5.95 Å². The van der Waals surface area contributed by atoms with Crippen LogP contribution in [-0.4, -0.2) is 16.1 Å². The van der Waals surface area contributed by atoms with Crippen LogP contribution < -0.4 is 5.32 Å². The Hall–Kier alpha value is -0.750. The molecule has 0 aliphatic rings. The Morgan fingerprint density at radius 3 is 2.79 bits per heavy atom. The number of nitrogens with zero attached hydrogens (tertiary/aromatic N) is 2. The summed E-state index contributed by atoms with van der Waals surface area (Å²) >= 11 is 8.58. The molecule has 3 nitrogen and oxygen atoms in total. The fourth-order valence-corrected chi connectivity index (χ4v) is 2.73. The topological polar surface area (TPSA) is 29.9 Å². The molecular formula is C14H17ClIN3. The minimum Gasteiger partial charge on any atom is -0.355 e. The number of rotatable bonds is 4. The quantitative estimate of drug-likeness (QED) is 0.780. The number of hydrogen-bond donors (Lipinski definition) is 1. The molecule has 0 amide bonds. The summed E-state index contributed by atoms with van der Waals surface area (Å²) < 4.78 is 3.13. The van der Waals surface area contributed by atoms with Gasteiger partial charge in [0.15, 0.2) is 0 Å². The van der Waals surface area contributed by atoms with Gasteiger partial charge >= 0.3 is 0 Å². The third-order valence-corrected chi connectivity index (χ3v) is 3.64. The number of anilines is 1. The Balaban J connectivity index is 2.38. The van der Waals surface area contributed by atoms with E-state index in [-0.39, 0.29) is 0 Å². The molecule has 1 N–H and O–H groups in total. The molecule has 0 aliphatic carbocycles. The van der Waals surface area contributed by atoms with E-state index >= 15 is 0 Å². The van der Waals surface area contributed by atoms with Crippen LogP contribution in [-0.2, 0) is 0 Å². The maximum absolute atomic E-state index is 6.33. The van der Waals surface area contributed by atoms with E-state index in [2.05, 4.69) is 46.7 Å². The molecule has 0 saturated carbocycles. The summed E-state index contributed by atoms with van der Waals surface area (Å²) in [5.41, 5.74) is 1.93. The first-order valence-electron chi connectivity index (χ1n) is 6.22. The normalized spacial score (nSPS) is 11.1. The van der Waals surface area contributed by atoms with Gasteiger partial charge in [-0.15, -0.1) is 0 Å². The van der Waals surface area contributed by atoms with Crippen molar-refractivity contribution >= 4 is 40.1 Å². The third kappa shape index (κ3) is 3.63. The average molecular weight is 390 g/mol. The van der Waals surface area contributed by atoms with Gasteiger partial charge in [-0.2, -0.15) is 0 Å². The molecule has 0 aliphatic heterocycles. The van der Waals surface area contributed by atoms with Gasteiger partial charge in [-0.25, -0.2) is 4.98 Å². The molecule has 2 rings (SSSR count). The fourth-order valence-electron chi connectivity index (χ4n) is 1.78. The van der Waals surface area contributed by atoms with Crippen molar-refractivity contribution in [1.82, 2.24) is 9.55 Å². The van der Waals surface area contributed by atoms with Crippen molar-refractivity contribution in [2.75, 3.05) is 11.9 Å². The van der Waals surface area contributed by atoms with Gasteiger partial charge in [-0.3, -0.25) is 4.57 Å². The van der Waals surface area contributed by atoms with Crippen LogP contribution in [0, 0.1) is 16.4 Å². The molecule has 0 radical (unpaired) electrons. The van der Waals surface area contributed by atoms with Gasteiger partial charge in [0, 0.05) is 16.3 Å². The van der Waals surface area contributed by atoms with Crippen LogP contribution in [0.5, 0.6) is 0 Å². The second-order valence-corrected chi connectivity index (χ2v) is 6.60. The summed E-state index contributed by atoms with van der Waals surface area (Å²) in [5, 5.41) is 4.10. The molecule has 0 atom stereocenters. The molecule has 102 valence electrons. The van der Waals surface area contributed by atoms with Crippen LogP contribution in [0.3, 0.4) is 0 Å². The highest BCUT2D eigenvalue weighted by Crippen LogP contribution is 2.26. The van der Waals surface area contributed by atoms with Gasteiger partial charge in [0.2, 0.25) is 5.95 Å². The largest absolute Gasteiger partial charge is 0.355 e. The van der Waals surface area contributed by atoms with Crippen LogP contribution in [0.15, 0.2) is 24.4 Å². The highest BCUT2D eigenvalue weighted by Gasteiger charge is 2.11. The molecule has 0 spiro atoms. The van der Waals surface area contributed by atoms with E-state index in [0.717, 1.165) is 32.5 Å². The Kier molecular flexibility index (Phi) is 4.73. The van der Waals surface area contributed by atoms with Crippen molar-refractivity contribution in [1.29, 1.82) is 0 Å². The molecule has 1 aromatic carbocycles. The van der Waals surface area contributed by atoms with E-state index in [1.807, 2.05) is 35.9 Å². The lowest BCUT2D eigenvalue weighted by Crippen LogP contribution is -2.12. The van der Waals surface area contributed by atoms with Crippen molar-refractivity contribution in [3.05, 3.63) is 38.7 Å². The number of aryl methyl sites for hydroxylation is 1. The second kappa shape index (κ2) is 6.13. The van der Waals surface area contributed by atoms with Gasteiger partial charge in [0.1, 0.15) is 0 Å². The average Bonchev–Trinajstić information content (AvgIpc) is 2.67. The predicted molar refractivity (Wildman–Crippen MR) is 89.4 cm³/mol. The SMILES string of the molecule is Cc1cn(-c2ccc(I)cc2Cl)c(NCC(C)C)n1. The first-order valence-corrected chi connectivity index (χ1v) is 7.68. The van der Waals surface area contributed by atoms with E-state index in [1.165, 1.54) is 0 Å². The Labute approximate surface area is 132 Å². The number of hydrogen-bond acceptors (Lipinski definition) is 2. The number of halogens is 2. The zero-order valence-electron chi connectivity index (χ0n) is 11.2. The molecule has 0 fully saturated rings. The molecule has 0 unspecified atom stereocenters. The molecule has 19 heavy (non-hydrogen) atoms. The van der Waals surface area contributed by atoms with E-state index in [1.54, 1.807) is 0 Å². The van der Waals surface area contributed by atoms with Crippen molar-refractivity contribution in [3.8, 4) is 5.69 Å². The molecule has 0 bridgehead atoms. The first kappa shape index (κ1) is 14.7. The van der Waals surface area contributed by atoms with Gasteiger partial charge in [-0.1, -0.05) is 25.4 Å². The molecule has 1 heterocycles. The minimum absolute atomic E-state index is 0.567. The van der Waals surface area contributed by atoms with Gasteiger partial charge in [0.25, 0.3) is 0 Å². The lowest BCUT2D eigenvalue weighted by atomic mass is 10.2. The standard InChI is InChI=1S/C14H17ClIN3/c1-9(2)7-17-14-18-10(3)8-19(14)13-5-4-11(16)6-12(13)15/h4-6,8-9H,7H2,1-3H3,(H,17,18). The molecule has 5 heteroatoms. The van der Waals surface area contributed by atoms with Crippen molar-refractivity contribution in [3.63, 3.8) is 0 Å². The van der Waals surface area contributed by atoms with E-state index in [9.17, 15) is 0 Å². The van der Waals surface area contributed by atoms with E-state index in [0.29, 0.717) is 5.92 Å². The summed E-state index contributed by atoms with van der Waals surface area (Å²) in [7, 11) is 0. The third-order valence-electron chi connectivity index (χ3n) is 2.66. The van der Waals surface area contributed by atoms with E-state index < -0.39 is 0 Å². The maximum atomic E-state index is 6.33. The Morgan fingerprint density at radius 2 is 2.16 bits per heavy atom. The van der Waals surface area contributed by atoms with Gasteiger partial charge in [0.05, 0.1) is 16.4 Å². The highest BCUT2D eigenvalue weighted by molar-refractivity contribution is 14.1. The van der Waals surface area contributed by atoms with Crippen LogP contribution in [0.2, 0.25) is 5.02 Å². The predicted octanol–water partition coefficient (Wildman–Crippen LogP) is 4.51. The second-order valence-electron chi connectivity index (χ2n) is 4.95. The maximum Gasteiger partial charge on any atom is 0.207 e. The highest BCUT2D eigenvalue weighted by atomic mass is 127. The van der Waals surface area contributed by atoms with Crippen molar-refractivity contribution in [2.45, 2.75) is 20.8 Å². The molecule has 2 aromatic rings. The number of benzene rings is 1. The number of imidazole rings is 1. The Morgan fingerprint density at radius 1 is 1.42 bits per heavy atom. The fraction of sp³-hybridized carbons (Fsp3) is 0.357. The summed E-state index contributed by atoms with van der Waals surface area (Å²) in [6.45, 7) is 7.21. The smallest absolute Gasteiger partial charge is 0.207 e. The Bertz CT molecular complexity index is 578. The van der Waals surface area contributed by atoms with Gasteiger partial charge < -0.3 is 5.32 Å². The van der Waals surface area contributed by atoms with Crippen molar-refractivity contribution in [2.24, 2.45) is 5.92 Å². The van der Waals surface area contributed by atoms with Gasteiger partial charge in [-0.05, 0) is 53.6 Å². The molecule has 1 aromatic heterocycles. The first-order chi connectivity index (χ1) is 8.97. The van der Waals surface area contributed by atoms with Crippen LogP contribution >= 0.6 is 34.2 Å². The van der Waals surface area contributed by atoms with Crippen LogP contribution in [0.25, 0.3) is 5.69 Å². The van der Waals surface area contributed by atoms with E-state index in [4.69, 9.17) is 11.6 Å². The number of aromatic nitrogens is 2. The lowest BCUT2D eigenvalue weighted by molar-refractivity contribution is 0.683. The summed E-state index contributed by atoms with van der Waals surface area (Å²) in [6, 6.07) is 6.02. The zero-order valence-corrected chi connectivity index (χ0v) is 14.2. The lowest BCUT2D eigenvalue weighted by Gasteiger charge is -2.12. The molecule has 0 saturated heterocycles. The summed E-state index contributed by atoms with van der Waals surface area (Å²) in [5.74, 6) is 1.41. The van der Waals surface area contributed by atoms with Crippen LogP contribution in [0.1, 0.15) is 19.5 Å². The molecular weight excluding hydrogens is 373 g/mol.